The van der Waals surface area contributed by atoms with Gasteiger partial charge in [0.05, 0.1) is 37.6 Å². The van der Waals surface area contributed by atoms with E-state index in [9.17, 15) is 24.0 Å². The summed E-state index contributed by atoms with van der Waals surface area (Å²) >= 11 is 0. The smallest absolute Gasteiger partial charge is 0.305 e. The number of unbranched alkanes of at least 4 members (excludes halogenated alkanes) is 14. The third-order valence-electron chi connectivity index (χ3n) is 8.88. The molecule has 0 bridgehead atoms. The monoisotopic (exact) mass is 671 g/mol. The van der Waals surface area contributed by atoms with Crippen LogP contribution in [0.25, 0.3) is 0 Å². The third kappa shape index (κ3) is 13.7. The summed E-state index contributed by atoms with van der Waals surface area (Å²) in [7, 11) is 0. The fourth-order valence-electron chi connectivity index (χ4n) is 6.17. The van der Waals surface area contributed by atoms with Gasteiger partial charge in [-0.25, -0.2) is 0 Å². The number of amides is 4. The summed E-state index contributed by atoms with van der Waals surface area (Å²) in [5.41, 5.74) is 0.913. The van der Waals surface area contributed by atoms with Gasteiger partial charge < -0.3 is 19.5 Å². The highest BCUT2D eigenvalue weighted by atomic mass is 16.6. The molecule has 11 heteroatoms. The van der Waals surface area contributed by atoms with Crippen LogP contribution in [0, 0.1) is 0 Å². The molecule has 1 aromatic rings. The first kappa shape index (κ1) is 39.1. The molecule has 0 radical (unpaired) electrons. The third-order valence-corrected chi connectivity index (χ3v) is 8.88. The fraction of sp³-hybridized carbons (Fsp3) is 0.703. The lowest BCUT2D eigenvalue weighted by atomic mass is 10.0. The van der Waals surface area contributed by atoms with Crippen molar-refractivity contribution in [1.29, 1.82) is 0 Å². The first-order valence-corrected chi connectivity index (χ1v) is 18.3. The second-order valence-electron chi connectivity index (χ2n) is 12.7. The van der Waals surface area contributed by atoms with E-state index in [2.05, 4.69) is 17.6 Å². The predicted octanol–water partition coefficient (Wildman–Crippen LogP) is 6.34. The average molecular weight is 672 g/mol. The van der Waals surface area contributed by atoms with Crippen LogP contribution in [-0.4, -0.2) is 80.1 Å². The first-order valence-electron chi connectivity index (χ1n) is 18.3. The van der Waals surface area contributed by atoms with Crippen molar-refractivity contribution in [3.05, 3.63) is 29.3 Å². The summed E-state index contributed by atoms with van der Waals surface area (Å²) in [5.74, 6) is -2.33. The predicted molar refractivity (Wildman–Crippen MR) is 184 cm³/mol. The van der Waals surface area contributed by atoms with Crippen LogP contribution in [0.4, 0.5) is 5.69 Å². The number of nitrogens with one attached hydrogen (secondary N) is 2. The molecule has 0 saturated carbocycles. The number of ether oxygens (including phenoxy) is 3. The van der Waals surface area contributed by atoms with Crippen LogP contribution in [-0.2, 0) is 28.6 Å². The van der Waals surface area contributed by atoms with Crippen LogP contribution in [0.1, 0.15) is 143 Å². The van der Waals surface area contributed by atoms with Crippen LogP contribution in [0.2, 0.25) is 0 Å². The van der Waals surface area contributed by atoms with Gasteiger partial charge in [0.15, 0.2) is 0 Å². The first-order chi connectivity index (χ1) is 23.4. The van der Waals surface area contributed by atoms with Crippen molar-refractivity contribution >= 4 is 35.3 Å². The molecule has 1 fully saturated rings. The lowest BCUT2D eigenvalue weighted by Gasteiger charge is -2.27. The van der Waals surface area contributed by atoms with Gasteiger partial charge in [-0.2, -0.15) is 0 Å². The standard InChI is InChI=1S/C37H57N3O8/c1-2-3-4-5-6-7-8-9-10-11-12-13-14-15-16-20-33(42)48-28-27-47-26-25-46-24-23-38-30-19-17-18-29-34(30)37(45)40(36(29)44)31-21-22-32(41)39-35(31)43/h17-19,31,38H,2-16,20-28H2,1H3,(H,39,41,43). The van der Waals surface area contributed by atoms with Crippen molar-refractivity contribution in [2.45, 2.75) is 129 Å². The molecule has 2 aliphatic heterocycles. The lowest BCUT2D eigenvalue weighted by molar-refractivity contribution is -0.145. The zero-order valence-electron chi connectivity index (χ0n) is 29.0. The van der Waals surface area contributed by atoms with Crippen molar-refractivity contribution in [2.24, 2.45) is 0 Å². The molecular formula is C37H57N3O8. The van der Waals surface area contributed by atoms with Crippen molar-refractivity contribution in [3.63, 3.8) is 0 Å². The number of carbonyl (C=O) groups is 5. The van der Waals surface area contributed by atoms with Crippen LogP contribution in [0.3, 0.4) is 0 Å². The fourth-order valence-corrected chi connectivity index (χ4v) is 6.17. The zero-order valence-corrected chi connectivity index (χ0v) is 29.0. The molecule has 48 heavy (non-hydrogen) atoms. The largest absolute Gasteiger partial charge is 0.463 e. The van der Waals surface area contributed by atoms with Gasteiger partial charge in [0.1, 0.15) is 12.6 Å². The van der Waals surface area contributed by atoms with Crippen LogP contribution in [0.15, 0.2) is 18.2 Å². The molecule has 3 rings (SSSR count). The minimum absolute atomic E-state index is 0.0701. The maximum absolute atomic E-state index is 13.1. The topological polar surface area (TPSA) is 140 Å². The summed E-state index contributed by atoms with van der Waals surface area (Å²) in [6.07, 6.45) is 20.0. The van der Waals surface area contributed by atoms with Gasteiger partial charge in [0, 0.05) is 25.1 Å². The number of nitrogens with zero attached hydrogens (tertiary/aromatic N) is 1. The molecule has 1 saturated heterocycles. The number of esters is 1. The molecule has 1 unspecified atom stereocenters. The Hall–Kier alpha value is -3.31. The molecule has 1 atom stereocenters. The maximum Gasteiger partial charge on any atom is 0.305 e. The molecular weight excluding hydrogens is 614 g/mol. The van der Waals surface area contributed by atoms with Crippen molar-refractivity contribution in [1.82, 2.24) is 10.2 Å². The molecule has 0 aliphatic carbocycles. The number of anilines is 1. The van der Waals surface area contributed by atoms with Crippen molar-refractivity contribution in [3.8, 4) is 0 Å². The Morgan fingerprint density at radius 2 is 1.35 bits per heavy atom. The molecule has 0 spiro atoms. The SMILES string of the molecule is CCCCCCCCCCCCCCCCCC(=O)OCCOCCOCCNc1cccc2c1C(=O)N(C1CCC(=O)NC1=O)C2=O. The van der Waals surface area contributed by atoms with Crippen LogP contribution in [0.5, 0.6) is 0 Å². The highest BCUT2D eigenvalue weighted by Gasteiger charge is 2.45. The molecule has 4 amide bonds. The molecule has 0 aromatic heterocycles. The Kier molecular flexibility index (Phi) is 18.8. The van der Waals surface area contributed by atoms with E-state index in [1.807, 2.05) is 0 Å². The Bertz CT molecular complexity index is 1170. The molecule has 1 aromatic carbocycles. The molecule has 268 valence electrons. The number of fused-ring (bicyclic) bond motifs is 1. The van der Waals surface area contributed by atoms with Crippen LogP contribution < -0.4 is 10.6 Å². The Morgan fingerprint density at radius 1 is 0.771 bits per heavy atom. The average Bonchev–Trinajstić information content (AvgIpc) is 3.33. The second-order valence-corrected chi connectivity index (χ2v) is 12.7. The molecule has 2 aliphatic rings. The number of benzene rings is 1. The second kappa shape index (κ2) is 23.1. The minimum Gasteiger partial charge on any atom is -0.463 e. The summed E-state index contributed by atoms with van der Waals surface area (Å²) in [6, 6.07) is 3.91. The molecule has 2 heterocycles. The van der Waals surface area contributed by atoms with Crippen molar-refractivity contribution in [2.75, 3.05) is 44.9 Å². The van der Waals surface area contributed by atoms with E-state index in [1.165, 1.54) is 83.5 Å². The minimum atomic E-state index is -1.01. The van der Waals surface area contributed by atoms with E-state index in [4.69, 9.17) is 14.2 Å². The van der Waals surface area contributed by atoms with Gasteiger partial charge in [-0.05, 0) is 25.0 Å². The Morgan fingerprint density at radius 3 is 1.98 bits per heavy atom. The van der Waals surface area contributed by atoms with E-state index >= 15 is 0 Å². The Labute approximate surface area is 286 Å². The van der Waals surface area contributed by atoms with Gasteiger partial charge in [-0.3, -0.25) is 34.2 Å². The van der Waals surface area contributed by atoms with Gasteiger partial charge in [0.2, 0.25) is 11.8 Å². The van der Waals surface area contributed by atoms with E-state index in [0.717, 1.165) is 17.7 Å². The van der Waals surface area contributed by atoms with E-state index in [0.29, 0.717) is 45.1 Å². The highest BCUT2D eigenvalue weighted by molar-refractivity contribution is 6.25. The van der Waals surface area contributed by atoms with Gasteiger partial charge >= 0.3 is 5.97 Å². The normalized spacial score (nSPS) is 15.9. The number of carbonyl (C=O) groups excluding carboxylic acids is 5. The van der Waals surface area contributed by atoms with Gasteiger partial charge in [0.25, 0.3) is 11.8 Å². The summed E-state index contributed by atoms with van der Waals surface area (Å²) < 4.78 is 16.3. The van der Waals surface area contributed by atoms with Crippen LogP contribution >= 0.6 is 0 Å². The Balaban J connectivity index is 1.12. The summed E-state index contributed by atoms with van der Waals surface area (Å²) in [4.78, 5) is 62.8. The molecule has 2 N–H and O–H groups in total. The number of hydrogen-bond acceptors (Lipinski definition) is 9. The quantitative estimate of drug-likeness (QED) is 0.0623. The summed E-state index contributed by atoms with van der Waals surface area (Å²) in [6.45, 7) is 4.21. The van der Waals surface area contributed by atoms with Crippen molar-refractivity contribution < 1.29 is 38.2 Å². The van der Waals surface area contributed by atoms with E-state index in [1.54, 1.807) is 18.2 Å². The van der Waals surface area contributed by atoms with E-state index in [-0.39, 0.29) is 36.5 Å². The zero-order chi connectivity index (χ0) is 34.4. The number of hydrogen-bond donors (Lipinski definition) is 2. The highest BCUT2D eigenvalue weighted by Crippen LogP contribution is 2.32. The van der Waals surface area contributed by atoms with E-state index < -0.39 is 29.7 Å². The molecule has 11 nitrogen and oxygen atoms in total. The lowest BCUT2D eigenvalue weighted by Crippen LogP contribution is -2.54. The van der Waals surface area contributed by atoms with Gasteiger partial charge in [-0.1, -0.05) is 103 Å². The maximum atomic E-state index is 13.1. The van der Waals surface area contributed by atoms with Gasteiger partial charge in [-0.15, -0.1) is 0 Å². The number of piperidine rings is 1. The number of rotatable bonds is 27. The summed E-state index contributed by atoms with van der Waals surface area (Å²) in [5, 5.41) is 5.33. The number of imide groups is 2.